The van der Waals surface area contributed by atoms with E-state index in [1.165, 1.54) is 11.6 Å². The summed E-state index contributed by atoms with van der Waals surface area (Å²) in [4.78, 5) is 17.8. The van der Waals surface area contributed by atoms with Crippen LogP contribution in [0.1, 0.15) is 16.1 Å². The molecule has 0 aliphatic rings. The topological polar surface area (TPSA) is 161 Å². The molecule has 0 unspecified atom stereocenters. The van der Waals surface area contributed by atoms with Crippen molar-refractivity contribution in [1.82, 2.24) is 4.98 Å². The summed E-state index contributed by atoms with van der Waals surface area (Å²) in [6.45, 7) is -0.139. The molecule has 0 aliphatic heterocycles. The third-order valence-corrected chi connectivity index (χ3v) is 4.98. The Morgan fingerprint density at radius 2 is 2.12 bits per heavy atom. The summed E-state index contributed by atoms with van der Waals surface area (Å²) >= 11 is 0.797. The lowest BCUT2D eigenvalue weighted by atomic mass is 10.2. The molecule has 0 fully saturated rings. The summed E-state index contributed by atoms with van der Waals surface area (Å²) in [5, 5.41) is 8.75. The molecule has 0 saturated heterocycles. The van der Waals surface area contributed by atoms with Gasteiger partial charge in [0.1, 0.15) is 10.8 Å². The number of carbonyl (C=O) groups is 1. The number of nitrogens with two attached hydrogens (primary N) is 2. The van der Waals surface area contributed by atoms with E-state index in [0.717, 1.165) is 23.5 Å². The predicted octanol–water partition coefficient (Wildman–Crippen LogP) is 0.555. The number of guanidine groups is 1. The first-order valence-electron chi connectivity index (χ1n) is 6.24. The molecule has 12 heteroatoms. The summed E-state index contributed by atoms with van der Waals surface area (Å²) in [6, 6.07) is 3.17. The number of anilines is 1. The number of rotatable bonds is 6. The third-order valence-electron chi connectivity index (χ3n) is 2.76. The second-order valence-electron chi connectivity index (χ2n) is 4.44. The Morgan fingerprint density at radius 3 is 2.71 bits per heavy atom. The quantitative estimate of drug-likeness (QED) is 0.425. The smallest absolute Gasteiger partial charge is 0.357 e. The van der Waals surface area contributed by atoms with Gasteiger partial charge in [0.15, 0.2) is 11.7 Å². The molecule has 9 nitrogen and oxygen atoms in total. The predicted molar refractivity (Wildman–Crippen MR) is 85.8 cm³/mol. The maximum Gasteiger partial charge on any atom is 0.357 e. The minimum absolute atomic E-state index is 0.103. The molecule has 1 heterocycles. The van der Waals surface area contributed by atoms with Crippen LogP contribution in [-0.2, 0) is 16.6 Å². The van der Waals surface area contributed by atoms with Crippen LogP contribution >= 0.6 is 11.3 Å². The molecule has 0 spiro atoms. The molecule has 128 valence electrons. The molecule has 0 bridgehead atoms. The zero-order valence-electron chi connectivity index (χ0n) is 11.9. The van der Waals surface area contributed by atoms with E-state index < -0.39 is 27.5 Å². The first kappa shape index (κ1) is 17.6. The zero-order valence-corrected chi connectivity index (χ0v) is 13.6. The number of sulfonamides is 1. The van der Waals surface area contributed by atoms with Crippen molar-refractivity contribution >= 4 is 38.3 Å². The standard InChI is InChI=1S/C12H12FN5O4S2/c13-8-3-7(2-1-6(8)4-16-12(14)15)24(21,22)18-10-9(11(19)20)17-5-23-10/h1-3,5,18H,4H2,(H,19,20)(H4,14,15,16). The van der Waals surface area contributed by atoms with Gasteiger partial charge >= 0.3 is 5.97 Å². The van der Waals surface area contributed by atoms with E-state index in [0.29, 0.717) is 0 Å². The van der Waals surface area contributed by atoms with Crippen molar-refractivity contribution < 1.29 is 22.7 Å². The Kier molecular flexibility index (Phi) is 4.99. The molecule has 6 N–H and O–H groups in total. The second-order valence-corrected chi connectivity index (χ2v) is 6.97. The summed E-state index contributed by atoms with van der Waals surface area (Å²) in [7, 11) is -4.18. The van der Waals surface area contributed by atoms with Gasteiger partial charge in [-0.1, -0.05) is 6.07 Å². The fraction of sp³-hybridized carbons (Fsp3) is 0.0833. The Morgan fingerprint density at radius 1 is 1.42 bits per heavy atom. The van der Waals surface area contributed by atoms with Crippen molar-refractivity contribution in [2.45, 2.75) is 11.4 Å². The first-order valence-corrected chi connectivity index (χ1v) is 8.60. The average molecular weight is 373 g/mol. The molecule has 1 aromatic carbocycles. The minimum atomic E-state index is -4.18. The number of thiazole rings is 1. The second kappa shape index (κ2) is 6.80. The van der Waals surface area contributed by atoms with Gasteiger partial charge < -0.3 is 16.6 Å². The average Bonchev–Trinajstić information content (AvgIpc) is 2.93. The van der Waals surface area contributed by atoms with E-state index in [1.54, 1.807) is 0 Å². The fourth-order valence-electron chi connectivity index (χ4n) is 1.65. The number of carboxylic acid groups (broad SMARTS) is 1. The summed E-state index contributed by atoms with van der Waals surface area (Å²) in [5.41, 5.74) is 11.1. The largest absolute Gasteiger partial charge is 0.476 e. The normalized spacial score (nSPS) is 11.0. The lowest BCUT2D eigenvalue weighted by Crippen LogP contribution is -2.22. The van der Waals surface area contributed by atoms with Crippen LogP contribution in [0.3, 0.4) is 0 Å². The van der Waals surface area contributed by atoms with Gasteiger partial charge in [0.25, 0.3) is 10.0 Å². The van der Waals surface area contributed by atoms with E-state index in [2.05, 4.69) is 14.7 Å². The van der Waals surface area contributed by atoms with Crippen LogP contribution in [0.15, 0.2) is 33.6 Å². The Labute approximate surface area is 139 Å². The SMILES string of the molecule is NC(N)=NCc1ccc(S(=O)(=O)Nc2scnc2C(=O)O)cc1F. The summed E-state index contributed by atoms with van der Waals surface area (Å²) in [5.74, 6) is -2.42. The highest BCUT2D eigenvalue weighted by atomic mass is 32.2. The number of nitrogens with one attached hydrogen (secondary N) is 1. The van der Waals surface area contributed by atoms with Crippen molar-refractivity contribution in [3.05, 3.63) is 40.8 Å². The van der Waals surface area contributed by atoms with Gasteiger partial charge in [-0.15, -0.1) is 11.3 Å². The van der Waals surface area contributed by atoms with Gasteiger partial charge in [-0.05, 0) is 12.1 Å². The molecule has 24 heavy (non-hydrogen) atoms. The number of benzene rings is 1. The number of carboxylic acids is 1. The molecule has 1 aromatic heterocycles. The molecular weight excluding hydrogens is 361 g/mol. The van der Waals surface area contributed by atoms with Crippen molar-refractivity contribution in [3.8, 4) is 0 Å². The number of hydrogen-bond acceptors (Lipinski definition) is 6. The third kappa shape index (κ3) is 3.97. The molecular formula is C12H12FN5O4S2. The van der Waals surface area contributed by atoms with Crippen LogP contribution in [0.5, 0.6) is 0 Å². The van der Waals surface area contributed by atoms with Gasteiger partial charge in [0.2, 0.25) is 0 Å². The van der Waals surface area contributed by atoms with Crippen LogP contribution in [-0.4, -0.2) is 30.4 Å². The van der Waals surface area contributed by atoms with E-state index in [-0.39, 0.29) is 28.0 Å². The van der Waals surface area contributed by atoms with Crippen molar-refractivity contribution in [3.63, 3.8) is 0 Å². The Balaban J connectivity index is 2.29. The first-order chi connectivity index (χ1) is 11.2. The van der Waals surface area contributed by atoms with Crippen LogP contribution in [0.4, 0.5) is 9.39 Å². The van der Waals surface area contributed by atoms with Crippen molar-refractivity contribution in [1.29, 1.82) is 0 Å². The Bertz CT molecular complexity index is 906. The fourth-order valence-corrected chi connectivity index (χ4v) is 3.65. The molecule has 0 atom stereocenters. The van der Waals surface area contributed by atoms with Crippen LogP contribution < -0.4 is 16.2 Å². The summed E-state index contributed by atoms with van der Waals surface area (Å²) in [6.07, 6.45) is 0. The van der Waals surface area contributed by atoms with Crippen molar-refractivity contribution in [2.75, 3.05) is 4.72 Å². The number of nitrogens with zero attached hydrogens (tertiary/aromatic N) is 2. The molecule has 0 amide bonds. The number of halogens is 1. The molecule has 2 aromatic rings. The van der Waals surface area contributed by atoms with Gasteiger partial charge in [0, 0.05) is 5.56 Å². The van der Waals surface area contributed by atoms with E-state index in [4.69, 9.17) is 16.6 Å². The van der Waals surface area contributed by atoms with Gasteiger partial charge in [-0.3, -0.25) is 4.72 Å². The maximum absolute atomic E-state index is 14.0. The van der Waals surface area contributed by atoms with Crippen LogP contribution in [0.2, 0.25) is 0 Å². The van der Waals surface area contributed by atoms with Gasteiger partial charge in [-0.25, -0.2) is 27.6 Å². The van der Waals surface area contributed by atoms with Crippen molar-refractivity contribution in [2.24, 2.45) is 16.5 Å². The highest BCUT2D eigenvalue weighted by Crippen LogP contribution is 2.25. The summed E-state index contributed by atoms with van der Waals surface area (Å²) < 4.78 is 40.5. The molecule has 2 rings (SSSR count). The molecule has 0 aliphatic carbocycles. The van der Waals surface area contributed by atoms with E-state index in [9.17, 15) is 17.6 Å². The van der Waals surface area contributed by atoms with E-state index >= 15 is 0 Å². The lowest BCUT2D eigenvalue weighted by molar-refractivity contribution is 0.0692. The van der Waals surface area contributed by atoms with Crippen LogP contribution in [0, 0.1) is 5.82 Å². The zero-order chi connectivity index (χ0) is 17.9. The molecule has 0 saturated carbocycles. The maximum atomic E-state index is 14.0. The number of aliphatic imine (C=N–C) groups is 1. The van der Waals surface area contributed by atoms with E-state index in [1.807, 2.05) is 0 Å². The number of aromatic nitrogens is 1. The van der Waals surface area contributed by atoms with Gasteiger partial charge in [0.05, 0.1) is 17.0 Å². The highest BCUT2D eigenvalue weighted by molar-refractivity contribution is 7.93. The minimum Gasteiger partial charge on any atom is -0.476 e. The number of hydrogen-bond donors (Lipinski definition) is 4. The monoisotopic (exact) mass is 373 g/mol. The Hall–Kier alpha value is -2.73. The highest BCUT2D eigenvalue weighted by Gasteiger charge is 2.21. The van der Waals surface area contributed by atoms with Crippen LogP contribution in [0.25, 0.3) is 0 Å². The van der Waals surface area contributed by atoms with Gasteiger partial charge in [-0.2, -0.15) is 0 Å². The lowest BCUT2D eigenvalue weighted by Gasteiger charge is -2.08. The molecule has 0 radical (unpaired) electrons. The number of aromatic carboxylic acids is 1.